The molecule has 1 amide bonds. The highest BCUT2D eigenvalue weighted by atomic mass is 32.2. The van der Waals surface area contributed by atoms with Crippen LogP contribution in [0.4, 0.5) is 8.78 Å². The topological polar surface area (TPSA) is 133 Å². The van der Waals surface area contributed by atoms with Gasteiger partial charge in [-0.1, -0.05) is 23.9 Å². The molecule has 3 aromatic rings. The van der Waals surface area contributed by atoms with Gasteiger partial charge in [0.2, 0.25) is 5.91 Å². The van der Waals surface area contributed by atoms with Crippen LogP contribution in [-0.4, -0.2) is 80.5 Å². The summed E-state index contributed by atoms with van der Waals surface area (Å²) in [6, 6.07) is 5.56. The number of hydrazone groups is 1. The molecule has 1 atom stereocenters. The van der Waals surface area contributed by atoms with E-state index in [0.717, 1.165) is 69.2 Å². The first-order valence-corrected chi connectivity index (χ1v) is 15.4. The van der Waals surface area contributed by atoms with Gasteiger partial charge in [0.25, 0.3) is 0 Å². The van der Waals surface area contributed by atoms with Crippen LogP contribution in [0.25, 0.3) is 5.69 Å². The molecule has 1 saturated heterocycles. The number of piperidine rings is 1. The van der Waals surface area contributed by atoms with Crippen molar-refractivity contribution in [1.82, 2.24) is 35.4 Å². The first-order chi connectivity index (χ1) is 21.4. The fraction of sp³-hybridized carbons (Fsp3) is 0.400. The van der Waals surface area contributed by atoms with E-state index in [2.05, 4.69) is 48.1 Å². The molecule has 2 aliphatic rings. The number of carbonyl (C=O) groups excluding carboxylic acids is 1. The maximum absolute atomic E-state index is 15.1. The van der Waals surface area contributed by atoms with Crippen molar-refractivity contribution < 1.29 is 18.3 Å². The summed E-state index contributed by atoms with van der Waals surface area (Å²) in [6.07, 6.45) is 13.3. The summed E-state index contributed by atoms with van der Waals surface area (Å²) in [4.78, 5) is 18.7. The van der Waals surface area contributed by atoms with E-state index in [1.54, 1.807) is 34.8 Å². The van der Waals surface area contributed by atoms with E-state index >= 15 is 8.78 Å². The average Bonchev–Trinajstić information content (AvgIpc) is 3.43. The Hall–Kier alpha value is -4.17. The lowest BCUT2D eigenvalue weighted by molar-refractivity contribution is -0.121. The molecule has 11 nitrogen and oxygen atoms in total. The van der Waals surface area contributed by atoms with Crippen LogP contribution in [0.3, 0.4) is 0 Å². The minimum Gasteiger partial charge on any atom is -0.482 e. The summed E-state index contributed by atoms with van der Waals surface area (Å²) in [7, 11) is 2.04. The van der Waals surface area contributed by atoms with E-state index in [1.807, 2.05) is 13.1 Å². The molecule has 14 heteroatoms. The molecular weight excluding hydrogens is 588 g/mol. The number of likely N-dealkylation sites (tertiary alicyclic amines) is 1. The predicted octanol–water partition coefficient (Wildman–Crippen LogP) is 3.87. The van der Waals surface area contributed by atoms with E-state index in [0.29, 0.717) is 11.0 Å². The highest BCUT2D eigenvalue weighted by molar-refractivity contribution is 7.99. The SMILES string of the molecule is CN1CCC(NC(=O)CN/N=C(\C=N)c2cc(F)c(OCc3nnc(SC4C=CCCC4)n3-c3cccnc3)cc2F)CC1. The van der Waals surface area contributed by atoms with Gasteiger partial charge in [0, 0.05) is 35.3 Å². The number of pyridine rings is 1. The monoisotopic (exact) mass is 623 g/mol. The highest BCUT2D eigenvalue weighted by Crippen LogP contribution is 2.31. The summed E-state index contributed by atoms with van der Waals surface area (Å²) in [5.74, 6) is -1.88. The van der Waals surface area contributed by atoms with Crippen molar-refractivity contribution in [1.29, 1.82) is 5.41 Å². The van der Waals surface area contributed by atoms with Gasteiger partial charge in [0.05, 0.1) is 11.9 Å². The van der Waals surface area contributed by atoms with Crippen LogP contribution < -0.4 is 15.5 Å². The summed E-state index contributed by atoms with van der Waals surface area (Å²) in [5.41, 5.74) is 2.86. The smallest absolute Gasteiger partial charge is 0.241 e. The third-order valence-electron chi connectivity index (χ3n) is 7.39. The molecule has 2 aromatic heterocycles. The Bertz CT molecular complexity index is 1510. The fourth-order valence-electron chi connectivity index (χ4n) is 5.01. The Kier molecular flexibility index (Phi) is 10.7. The molecule has 0 radical (unpaired) electrons. The van der Waals surface area contributed by atoms with Crippen LogP contribution in [0, 0.1) is 17.0 Å². The third kappa shape index (κ3) is 8.05. The highest BCUT2D eigenvalue weighted by Gasteiger charge is 2.22. The van der Waals surface area contributed by atoms with E-state index in [9.17, 15) is 4.79 Å². The number of rotatable bonds is 12. The van der Waals surface area contributed by atoms with Gasteiger partial charge in [0.1, 0.15) is 24.7 Å². The molecule has 3 heterocycles. The molecule has 0 spiro atoms. The van der Waals surface area contributed by atoms with Gasteiger partial charge in [0.15, 0.2) is 22.5 Å². The lowest BCUT2D eigenvalue weighted by atomic mass is 10.1. The van der Waals surface area contributed by atoms with Crippen LogP contribution in [0.15, 0.2) is 59.1 Å². The Morgan fingerprint density at radius 1 is 1.23 bits per heavy atom. The molecule has 0 saturated carbocycles. The van der Waals surface area contributed by atoms with Crippen LogP contribution in [0.5, 0.6) is 5.75 Å². The second-order valence-corrected chi connectivity index (χ2v) is 11.8. The maximum Gasteiger partial charge on any atom is 0.241 e. The van der Waals surface area contributed by atoms with Gasteiger partial charge in [-0.15, -0.1) is 10.2 Å². The molecule has 1 aromatic carbocycles. The van der Waals surface area contributed by atoms with Crippen molar-refractivity contribution in [3.05, 3.63) is 71.8 Å². The number of ether oxygens (including phenoxy) is 1. The van der Waals surface area contributed by atoms with Gasteiger partial charge in [-0.25, -0.2) is 8.78 Å². The van der Waals surface area contributed by atoms with Crippen molar-refractivity contribution >= 4 is 29.6 Å². The van der Waals surface area contributed by atoms with Crippen LogP contribution in [0.2, 0.25) is 0 Å². The van der Waals surface area contributed by atoms with Crippen molar-refractivity contribution in [2.24, 2.45) is 5.10 Å². The quantitative estimate of drug-likeness (QED) is 0.157. The molecule has 3 N–H and O–H groups in total. The molecule has 1 aliphatic heterocycles. The summed E-state index contributed by atoms with van der Waals surface area (Å²) in [5, 5.41) is 24.1. The number of halogens is 2. The number of nitrogens with zero attached hydrogens (tertiary/aromatic N) is 6. The lowest BCUT2D eigenvalue weighted by Crippen LogP contribution is -2.45. The molecule has 44 heavy (non-hydrogen) atoms. The number of carbonyl (C=O) groups is 1. The van der Waals surface area contributed by atoms with Gasteiger partial charge >= 0.3 is 0 Å². The number of thioether (sulfide) groups is 1. The van der Waals surface area contributed by atoms with Crippen molar-refractivity contribution in [3.63, 3.8) is 0 Å². The van der Waals surface area contributed by atoms with Crippen LogP contribution in [-0.2, 0) is 11.4 Å². The van der Waals surface area contributed by atoms with Crippen molar-refractivity contribution in [2.45, 2.75) is 55.2 Å². The van der Waals surface area contributed by atoms with Crippen molar-refractivity contribution in [2.75, 3.05) is 26.7 Å². The number of allylic oxidation sites excluding steroid dienone is 1. The zero-order valence-electron chi connectivity index (χ0n) is 24.4. The number of amides is 1. The molecule has 232 valence electrons. The lowest BCUT2D eigenvalue weighted by Gasteiger charge is -2.29. The van der Waals surface area contributed by atoms with Crippen LogP contribution in [0.1, 0.15) is 43.5 Å². The first-order valence-electron chi connectivity index (χ1n) is 14.5. The van der Waals surface area contributed by atoms with Gasteiger partial charge in [-0.05, 0) is 70.4 Å². The van der Waals surface area contributed by atoms with Crippen LogP contribution >= 0.6 is 11.8 Å². The zero-order valence-corrected chi connectivity index (χ0v) is 25.2. The number of hydrogen-bond donors (Lipinski definition) is 3. The van der Waals surface area contributed by atoms with Gasteiger partial charge in [-0.3, -0.25) is 19.8 Å². The normalized spacial score (nSPS) is 17.8. The number of hydrogen-bond acceptors (Lipinski definition) is 10. The zero-order chi connectivity index (χ0) is 30.9. The third-order valence-corrected chi connectivity index (χ3v) is 8.56. The molecule has 1 unspecified atom stereocenters. The standard InChI is InChI=1S/C30H35F2N9O2S/c1-40-12-9-20(10-13-40)36-29(42)18-35-37-26(16-33)23-14-25(32)27(15-24(23)31)43-19-28-38-39-30(44-22-7-3-2-4-8-22)41(28)21-6-5-11-34-17-21/h3,5-7,11,14-17,20,22,33,35H,2,4,8-10,12-13,18-19H2,1H3,(H,36,42)/b33-16?,37-26+. The Balaban J connectivity index is 1.25. The molecule has 1 fully saturated rings. The largest absolute Gasteiger partial charge is 0.482 e. The summed E-state index contributed by atoms with van der Waals surface area (Å²) < 4.78 is 37.7. The number of aromatic nitrogens is 4. The summed E-state index contributed by atoms with van der Waals surface area (Å²) >= 11 is 1.58. The average molecular weight is 624 g/mol. The second-order valence-electron chi connectivity index (χ2n) is 10.6. The molecule has 5 rings (SSSR count). The molecular formula is C30H35F2N9O2S. The Morgan fingerprint density at radius 3 is 2.80 bits per heavy atom. The van der Waals surface area contributed by atoms with E-state index in [-0.39, 0.29) is 47.4 Å². The Labute approximate surface area is 258 Å². The van der Waals surface area contributed by atoms with E-state index in [1.165, 1.54) is 0 Å². The fourth-order valence-corrected chi connectivity index (χ4v) is 6.16. The number of nitrogens with one attached hydrogen (secondary N) is 3. The number of benzene rings is 1. The second kappa shape index (κ2) is 15.0. The van der Waals surface area contributed by atoms with E-state index in [4.69, 9.17) is 10.1 Å². The molecule has 0 bridgehead atoms. The minimum atomic E-state index is -0.842. The van der Waals surface area contributed by atoms with Gasteiger partial charge in [-0.2, -0.15) is 5.10 Å². The maximum atomic E-state index is 15.1. The van der Waals surface area contributed by atoms with Gasteiger partial charge < -0.3 is 20.4 Å². The summed E-state index contributed by atoms with van der Waals surface area (Å²) in [6.45, 7) is 1.46. The molecule has 1 aliphatic carbocycles. The van der Waals surface area contributed by atoms with Crippen molar-refractivity contribution in [3.8, 4) is 11.4 Å². The first kappa shape index (κ1) is 31.3. The minimum absolute atomic E-state index is 0.0864. The van der Waals surface area contributed by atoms with E-state index < -0.39 is 11.6 Å². The Morgan fingerprint density at radius 2 is 2.07 bits per heavy atom. The predicted molar refractivity (Wildman–Crippen MR) is 164 cm³/mol.